The maximum atomic E-state index is 10.4. The van der Waals surface area contributed by atoms with Crippen molar-refractivity contribution in [3.8, 4) is 5.75 Å². The summed E-state index contributed by atoms with van der Waals surface area (Å²) < 4.78 is 0.775. The van der Waals surface area contributed by atoms with Crippen molar-refractivity contribution in [2.75, 3.05) is 5.73 Å². The number of hydrogen-bond donors (Lipinski definition) is 2. The molecule has 0 unspecified atom stereocenters. The number of phenolic OH excluding ortho intramolecular Hbond substituents is 1. The fourth-order valence-corrected chi connectivity index (χ4v) is 1.77. The lowest BCUT2D eigenvalue weighted by molar-refractivity contribution is -0.404. The average molecular weight is 402 g/mol. The molecule has 0 amide bonds. The quantitative estimate of drug-likeness (QED) is 0.441. The largest absolute Gasteiger partial charge is 0.497 e. The Bertz CT molecular complexity index is 761. The molecular formula is C11H8BrN5O7. The molecule has 126 valence electrons. The van der Waals surface area contributed by atoms with E-state index in [9.17, 15) is 30.3 Å². The highest BCUT2D eigenvalue weighted by molar-refractivity contribution is 9.10. The smallest absolute Gasteiger partial charge is 0.324 e. The van der Waals surface area contributed by atoms with Crippen molar-refractivity contribution in [3.05, 3.63) is 65.4 Å². The SMILES string of the molecule is Nc1ccnc(Br)c1.O=[N+]([O-])c1cc([N+](=O)[O-])c(O)c([N+](=O)[O-])c1. The van der Waals surface area contributed by atoms with Crippen molar-refractivity contribution in [3.63, 3.8) is 0 Å². The molecule has 0 aliphatic heterocycles. The summed E-state index contributed by atoms with van der Waals surface area (Å²) in [6.45, 7) is 0. The summed E-state index contributed by atoms with van der Waals surface area (Å²) in [7, 11) is 0. The van der Waals surface area contributed by atoms with E-state index in [-0.39, 0.29) is 0 Å². The van der Waals surface area contributed by atoms with Gasteiger partial charge < -0.3 is 10.8 Å². The Morgan fingerprint density at radius 1 is 1.00 bits per heavy atom. The van der Waals surface area contributed by atoms with Gasteiger partial charge in [-0.15, -0.1) is 0 Å². The second-order valence-electron chi connectivity index (χ2n) is 4.02. The molecule has 3 N–H and O–H groups in total. The van der Waals surface area contributed by atoms with Gasteiger partial charge in [0.2, 0.25) is 0 Å². The first-order chi connectivity index (χ1) is 11.1. The summed E-state index contributed by atoms with van der Waals surface area (Å²) >= 11 is 3.17. The molecule has 0 saturated carbocycles. The van der Waals surface area contributed by atoms with E-state index < -0.39 is 37.6 Å². The van der Waals surface area contributed by atoms with Crippen LogP contribution in [0, 0.1) is 30.3 Å². The number of hydrogen-bond acceptors (Lipinski definition) is 9. The minimum atomic E-state index is -1.21. The molecule has 0 bridgehead atoms. The molecule has 24 heavy (non-hydrogen) atoms. The van der Waals surface area contributed by atoms with Gasteiger partial charge >= 0.3 is 11.4 Å². The molecule has 13 heteroatoms. The first-order valence-electron chi connectivity index (χ1n) is 5.80. The Labute approximate surface area is 141 Å². The minimum absolute atomic E-state index is 0.447. The first-order valence-corrected chi connectivity index (χ1v) is 6.60. The van der Waals surface area contributed by atoms with Gasteiger partial charge in [-0.3, -0.25) is 30.3 Å². The van der Waals surface area contributed by atoms with E-state index in [1.807, 2.05) is 0 Å². The van der Waals surface area contributed by atoms with E-state index in [1.165, 1.54) is 0 Å². The number of rotatable bonds is 3. The van der Waals surface area contributed by atoms with E-state index in [0.717, 1.165) is 10.3 Å². The highest BCUT2D eigenvalue weighted by Crippen LogP contribution is 2.38. The van der Waals surface area contributed by atoms with Crippen LogP contribution < -0.4 is 5.73 Å². The lowest BCUT2D eigenvalue weighted by Crippen LogP contribution is -1.97. The van der Waals surface area contributed by atoms with Crippen LogP contribution in [-0.2, 0) is 0 Å². The highest BCUT2D eigenvalue weighted by Gasteiger charge is 2.30. The molecule has 0 saturated heterocycles. The Hall–Kier alpha value is -3.35. The summed E-state index contributed by atoms with van der Waals surface area (Å²) in [5, 5.41) is 40.2. The van der Waals surface area contributed by atoms with Crippen molar-refractivity contribution in [1.82, 2.24) is 4.98 Å². The molecule has 0 atom stereocenters. The summed E-state index contributed by atoms with van der Waals surface area (Å²) in [6, 6.07) is 4.38. The number of non-ortho nitro benzene ring substituents is 1. The van der Waals surface area contributed by atoms with Gasteiger partial charge in [-0.1, -0.05) is 0 Å². The molecule has 1 aromatic carbocycles. The van der Waals surface area contributed by atoms with Crippen molar-refractivity contribution >= 4 is 38.7 Å². The van der Waals surface area contributed by atoms with Crippen LogP contribution in [-0.4, -0.2) is 24.9 Å². The number of nitro groups is 3. The van der Waals surface area contributed by atoms with Gasteiger partial charge in [0.15, 0.2) is 0 Å². The number of nitro benzene ring substituents is 3. The van der Waals surface area contributed by atoms with E-state index in [2.05, 4.69) is 20.9 Å². The van der Waals surface area contributed by atoms with Gasteiger partial charge in [0.25, 0.3) is 11.4 Å². The Balaban J connectivity index is 0.000000300. The number of phenols is 1. The predicted octanol–water partition coefficient (Wildman–Crippen LogP) is 2.54. The van der Waals surface area contributed by atoms with Crippen LogP contribution in [0.3, 0.4) is 0 Å². The lowest BCUT2D eigenvalue weighted by atomic mass is 10.2. The van der Waals surface area contributed by atoms with E-state index >= 15 is 0 Å². The van der Waals surface area contributed by atoms with E-state index in [1.54, 1.807) is 18.3 Å². The third-order valence-electron chi connectivity index (χ3n) is 2.41. The zero-order valence-corrected chi connectivity index (χ0v) is 13.1. The molecule has 12 nitrogen and oxygen atoms in total. The summed E-state index contributed by atoms with van der Waals surface area (Å²) in [5.41, 5.74) is 3.12. The van der Waals surface area contributed by atoms with E-state index in [4.69, 9.17) is 10.8 Å². The standard InChI is InChI=1S/C6H3N3O7.C5H5BrN2/c10-6-4(8(13)14)1-3(7(11)12)2-5(6)9(15)16;6-5-3-4(7)1-2-8-5/h1-2,10H;1-3H,(H2,7,8). The highest BCUT2D eigenvalue weighted by atomic mass is 79.9. The van der Waals surface area contributed by atoms with Crippen LogP contribution >= 0.6 is 15.9 Å². The predicted molar refractivity (Wildman–Crippen MR) is 84.4 cm³/mol. The van der Waals surface area contributed by atoms with Gasteiger partial charge in [0.1, 0.15) is 4.60 Å². The second-order valence-corrected chi connectivity index (χ2v) is 4.83. The topological polar surface area (TPSA) is 189 Å². The molecule has 0 aliphatic rings. The third kappa shape index (κ3) is 4.84. The van der Waals surface area contributed by atoms with Gasteiger partial charge in [0.05, 0.1) is 26.9 Å². The molecule has 2 rings (SSSR count). The molecule has 0 fully saturated rings. The number of aromatic nitrogens is 1. The van der Waals surface area contributed by atoms with Crippen LogP contribution in [0.15, 0.2) is 35.1 Å². The van der Waals surface area contributed by atoms with Crippen LogP contribution in [0.2, 0.25) is 0 Å². The molecule has 1 heterocycles. The number of anilines is 1. The van der Waals surface area contributed by atoms with Crippen molar-refractivity contribution < 1.29 is 19.9 Å². The second kappa shape index (κ2) is 7.77. The zero-order chi connectivity index (χ0) is 18.4. The maximum absolute atomic E-state index is 10.4. The monoisotopic (exact) mass is 401 g/mol. The summed E-state index contributed by atoms with van der Waals surface area (Å²) in [5.74, 6) is -1.21. The molecule has 0 spiro atoms. The number of nitrogens with two attached hydrogens (primary N) is 1. The number of halogens is 1. The van der Waals surface area contributed by atoms with Crippen LogP contribution in [0.5, 0.6) is 5.75 Å². The number of nitrogen functional groups attached to an aromatic ring is 1. The first kappa shape index (κ1) is 18.7. The van der Waals surface area contributed by atoms with Gasteiger partial charge in [-0.25, -0.2) is 4.98 Å². The number of nitrogens with zero attached hydrogens (tertiary/aromatic N) is 4. The summed E-state index contributed by atoms with van der Waals surface area (Å²) in [4.78, 5) is 31.6. The van der Waals surface area contributed by atoms with Crippen LogP contribution in [0.1, 0.15) is 0 Å². The molecular weight excluding hydrogens is 394 g/mol. The maximum Gasteiger partial charge on any atom is 0.324 e. The average Bonchev–Trinajstić information content (AvgIpc) is 2.46. The van der Waals surface area contributed by atoms with Crippen molar-refractivity contribution in [2.45, 2.75) is 0 Å². The normalized spacial score (nSPS) is 9.54. The Morgan fingerprint density at radius 2 is 1.50 bits per heavy atom. The fraction of sp³-hybridized carbons (Fsp3) is 0. The Kier molecular flexibility index (Phi) is 6.06. The number of benzene rings is 1. The summed E-state index contributed by atoms with van der Waals surface area (Å²) in [6.07, 6.45) is 1.65. The zero-order valence-electron chi connectivity index (χ0n) is 11.5. The van der Waals surface area contributed by atoms with Crippen molar-refractivity contribution in [1.29, 1.82) is 0 Å². The molecule has 0 aliphatic carbocycles. The van der Waals surface area contributed by atoms with E-state index in [0.29, 0.717) is 12.1 Å². The van der Waals surface area contributed by atoms with Crippen LogP contribution in [0.25, 0.3) is 0 Å². The van der Waals surface area contributed by atoms with Crippen LogP contribution in [0.4, 0.5) is 22.7 Å². The van der Waals surface area contributed by atoms with Crippen molar-refractivity contribution in [2.24, 2.45) is 0 Å². The Morgan fingerprint density at radius 3 is 1.79 bits per heavy atom. The molecule has 1 aromatic heterocycles. The minimum Gasteiger partial charge on any atom is -0.497 e. The van der Waals surface area contributed by atoms with Gasteiger partial charge in [-0.2, -0.15) is 0 Å². The molecule has 0 radical (unpaired) electrons. The third-order valence-corrected chi connectivity index (χ3v) is 2.84. The van der Waals surface area contributed by atoms with Gasteiger partial charge in [-0.05, 0) is 28.1 Å². The number of aromatic hydroxyl groups is 1. The van der Waals surface area contributed by atoms with Gasteiger partial charge in [0, 0.05) is 11.9 Å². The lowest BCUT2D eigenvalue weighted by Gasteiger charge is -1.97. The number of pyridine rings is 1. The molecule has 2 aromatic rings. The fourth-order valence-electron chi connectivity index (χ4n) is 1.39.